The van der Waals surface area contributed by atoms with Crippen molar-refractivity contribution in [3.63, 3.8) is 0 Å². The number of rotatable bonds is 3. The van der Waals surface area contributed by atoms with Gasteiger partial charge in [0.25, 0.3) is 5.91 Å². The Kier molecular flexibility index (Phi) is 3.98. The monoisotopic (exact) mass is 322 g/mol. The molecule has 7 nitrogen and oxygen atoms in total. The maximum Gasteiger partial charge on any atom is 0.255 e. The molecule has 1 aliphatic rings. The summed E-state index contributed by atoms with van der Waals surface area (Å²) in [5.74, 6) is 1.45. The number of methoxy groups -OCH3 is 1. The molecule has 0 radical (unpaired) electrons. The molecule has 3 heterocycles. The zero-order chi connectivity index (χ0) is 15.7. The fourth-order valence-corrected chi connectivity index (χ4v) is 2.74. The maximum atomic E-state index is 12.5. The lowest BCUT2D eigenvalue weighted by atomic mass is 10.1. The molecule has 1 saturated heterocycles. The molecule has 0 spiro atoms. The number of carbonyl (C=O) groups is 1. The van der Waals surface area contributed by atoms with E-state index in [1.54, 1.807) is 17.9 Å². The number of aromatic nitrogens is 3. The molecule has 2 aromatic rings. The van der Waals surface area contributed by atoms with E-state index >= 15 is 0 Å². The number of aryl methyl sites for hydroxylation is 1. The van der Waals surface area contributed by atoms with Crippen LogP contribution in [0.2, 0.25) is 5.02 Å². The summed E-state index contributed by atoms with van der Waals surface area (Å²) < 4.78 is 10.2. The van der Waals surface area contributed by atoms with Crippen LogP contribution in [-0.2, 0) is 0 Å². The highest BCUT2D eigenvalue weighted by atomic mass is 35.5. The summed E-state index contributed by atoms with van der Waals surface area (Å²) in [5, 5.41) is 4.11. The van der Waals surface area contributed by atoms with Crippen molar-refractivity contribution in [1.29, 1.82) is 0 Å². The van der Waals surface area contributed by atoms with Crippen LogP contribution in [-0.4, -0.2) is 46.1 Å². The first-order valence-electron chi connectivity index (χ1n) is 6.87. The van der Waals surface area contributed by atoms with Gasteiger partial charge in [0.2, 0.25) is 11.8 Å². The summed E-state index contributed by atoms with van der Waals surface area (Å²) in [5.41, 5.74) is 0.438. The van der Waals surface area contributed by atoms with E-state index in [2.05, 4.69) is 15.1 Å². The van der Waals surface area contributed by atoms with Crippen LogP contribution in [0.3, 0.4) is 0 Å². The highest BCUT2D eigenvalue weighted by Crippen LogP contribution is 2.28. The number of carbonyl (C=O) groups excluding carboxylic acids is 1. The average Bonchev–Trinajstić information content (AvgIpc) is 3.15. The second-order valence-corrected chi connectivity index (χ2v) is 5.54. The third kappa shape index (κ3) is 2.76. The highest BCUT2D eigenvalue weighted by Gasteiger charge is 2.31. The molecule has 0 unspecified atom stereocenters. The van der Waals surface area contributed by atoms with Crippen molar-refractivity contribution < 1.29 is 14.1 Å². The first-order chi connectivity index (χ1) is 10.6. The topological polar surface area (TPSA) is 81.4 Å². The summed E-state index contributed by atoms with van der Waals surface area (Å²) in [4.78, 5) is 22.5. The first-order valence-corrected chi connectivity index (χ1v) is 7.25. The van der Waals surface area contributed by atoms with E-state index in [1.807, 2.05) is 0 Å². The Morgan fingerprint density at radius 3 is 3.00 bits per heavy atom. The second kappa shape index (κ2) is 5.92. The van der Waals surface area contributed by atoms with Gasteiger partial charge in [0, 0.05) is 19.3 Å². The zero-order valence-electron chi connectivity index (χ0n) is 12.2. The van der Waals surface area contributed by atoms with Gasteiger partial charge in [-0.15, -0.1) is 0 Å². The number of pyridine rings is 1. The summed E-state index contributed by atoms with van der Waals surface area (Å²) >= 11 is 6.02. The van der Waals surface area contributed by atoms with E-state index < -0.39 is 0 Å². The number of amides is 1. The fourth-order valence-electron chi connectivity index (χ4n) is 2.50. The van der Waals surface area contributed by atoms with E-state index in [-0.39, 0.29) is 11.8 Å². The Hall–Kier alpha value is -2.15. The van der Waals surface area contributed by atoms with E-state index in [4.69, 9.17) is 20.9 Å². The van der Waals surface area contributed by atoms with Crippen molar-refractivity contribution >= 4 is 17.5 Å². The predicted octanol–water partition coefficient (Wildman–Crippen LogP) is 2.06. The molecule has 8 heteroatoms. The Bertz CT molecular complexity index is 703. The Morgan fingerprint density at radius 1 is 1.55 bits per heavy atom. The third-order valence-corrected chi connectivity index (χ3v) is 3.89. The predicted molar refractivity (Wildman–Crippen MR) is 78.1 cm³/mol. The maximum absolute atomic E-state index is 12.5. The molecule has 1 atom stereocenters. The Labute approximate surface area is 132 Å². The third-order valence-electron chi connectivity index (χ3n) is 3.62. The Morgan fingerprint density at radius 2 is 2.36 bits per heavy atom. The lowest BCUT2D eigenvalue weighted by Crippen LogP contribution is -2.28. The Balaban J connectivity index is 1.72. The molecule has 0 saturated carbocycles. The van der Waals surface area contributed by atoms with Gasteiger partial charge < -0.3 is 14.2 Å². The van der Waals surface area contributed by atoms with Crippen LogP contribution in [0, 0.1) is 6.92 Å². The summed E-state index contributed by atoms with van der Waals surface area (Å²) in [6.07, 6.45) is 2.27. The molecule has 3 rings (SSSR count). The van der Waals surface area contributed by atoms with Crippen LogP contribution in [0.4, 0.5) is 0 Å². The molecule has 0 aliphatic carbocycles. The van der Waals surface area contributed by atoms with Crippen LogP contribution in [0.5, 0.6) is 5.88 Å². The molecule has 2 aromatic heterocycles. The van der Waals surface area contributed by atoms with Crippen molar-refractivity contribution in [3.05, 3.63) is 34.6 Å². The lowest BCUT2D eigenvalue weighted by Gasteiger charge is -2.16. The fraction of sp³-hybridized carbons (Fsp3) is 0.429. The van der Waals surface area contributed by atoms with Gasteiger partial charge >= 0.3 is 0 Å². The summed E-state index contributed by atoms with van der Waals surface area (Å²) in [6.45, 7) is 2.95. The van der Waals surface area contributed by atoms with Crippen LogP contribution >= 0.6 is 11.6 Å². The number of hydrogen-bond acceptors (Lipinski definition) is 6. The molecule has 0 bridgehead atoms. The second-order valence-electron chi connectivity index (χ2n) is 5.13. The van der Waals surface area contributed by atoms with E-state index in [9.17, 15) is 4.79 Å². The largest absolute Gasteiger partial charge is 0.480 e. The number of likely N-dealkylation sites (tertiary alicyclic amines) is 1. The lowest BCUT2D eigenvalue weighted by molar-refractivity contribution is 0.0789. The van der Waals surface area contributed by atoms with Crippen molar-refractivity contribution in [2.24, 2.45) is 0 Å². The summed E-state index contributed by atoms with van der Waals surface area (Å²) in [6, 6.07) is 1.57. The highest BCUT2D eigenvalue weighted by molar-refractivity contribution is 6.32. The van der Waals surface area contributed by atoms with Gasteiger partial charge in [-0.1, -0.05) is 16.8 Å². The minimum absolute atomic E-state index is 0.0758. The van der Waals surface area contributed by atoms with Crippen molar-refractivity contribution in [2.45, 2.75) is 19.3 Å². The van der Waals surface area contributed by atoms with Crippen molar-refractivity contribution in [1.82, 2.24) is 20.0 Å². The zero-order valence-corrected chi connectivity index (χ0v) is 13.0. The molecule has 1 aliphatic heterocycles. The minimum Gasteiger partial charge on any atom is -0.480 e. The smallest absolute Gasteiger partial charge is 0.255 e. The van der Waals surface area contributed by atoms with Crippen LogP contribution in [0.25, 0.3) is 0 Å². The van der Waals surface area contributed by atoms with Crippen LogP contribution in [0.1, 0.15) is 34.4 Å². The number of ether oxygens (including phenoxy) is 1. The minimum atomic E-state index is -0.115. The summed E-state index contributed by atoms with van der Waals surface area (Å²) in [7, 11) is 1.48. The van der Waals surface area contributed by atoms with Gasteiger partial charge in [0.1, 0.15) is 5.02 Å². The van der Waals surface area contributed by atoms with Gasteiger partial charge in [-0.2, -0.15) is 4.98 Å². The number of nitrogens with zero attached hydrogens (tertiary/aromatic N) is 4. The molecule has 22 heavy (non-hydrogen) atoms. The van der Waals surface area contributed by atoms with Gasteiger partial charge in [0.15, 0.2) is 5.82 Å². The van der Waals surface area contributed by atoms with Gasteiger partial charge in [0.05, 0.1) is 18.6 Å². The first kappa shape index (κ1) is 14.8. The van der Waals surface area contributed by atoms with Crippen molar-refractivity contribution in [3.8, 4) is 5.88 Å². The van der Waals surface area contributed by atoms with Crippen molar-refractivity contribution in [2.75, 3.05) is 20.2 Å². The van der Waals surface area contributed by atoms with E-state index in [0.29, 0.717) is 41.3 Å². The van der Waals surface area contributed by atoms with E-state index in [0.717, 1.165) is 6.42 Å². The number of hydrogen-bond donors (Lipinski definition) is 0. The van der Waals surface area contributed by atoms with Gasteiger partial charge in [-0.3, -0.25) is 4.79 Å². The van der Waals surface area contributed by atoms with Crippen LogP contribution in [0.15, 0.2) is 16.8 Å². The standard InChI is InChI=1S/C14H15ClN4O3/c1-8-17-12(22-18-8)9-3-4-19(7-9)14(20)10-5-11(15)13(21-2)16-6-10/h5-6,9H,3-4,7H2,1-2H3/t9-/m0/s1. The van der Waals surface area contributed by atoms with Crippen LogP contribution < -0.4 is 4.74 Å². The van der Waals surface area contributed by atoms with Gasteiger partial charge in [-0.25, -0.2) is 4.98 Å². The number of halogens is 1. The SMILES string of the molecule is COc1ncc(C(=O)N2CC[C@H](c3nc(C)no3)C2)cc1Cl. The quantitative estimate of drug-likeness (QED) is 0.860. The molecule has 1 amide bonds. The molecular formula is C14H15ClN4O3. The molecule has 0 N–H and O–H groups in total. The van der Waals surface area contributed by atoms with Gasteiger partial charge in [-0.05, 0) is 19.4 Å². The normalized spacial score (nSPS) is 17.8. The average molecular weight is 323 g/mol. The van der Waals surface area contributed by atoms with E-state index in [1.165, 1.54) is 13.3 Å². The molecular weight excluding hydrogens is 308 g/mol. The molecule has 116 valence electrons. The molecule has 1 fully saturated rings. The molecule has 0 aromatic carbocycles.